The van der Waals surface area contributed by atoms with Crippen molar-refractivity contribution in [2.24, 2.45) is 11.3 Å². The van der Waals surface area contributed by atoms with Gasteiger partial charge in [0.1, 0.15) is 5.82 Å². The Balaban J connectivity index is 1.77. The molecule has 2 heterocycles. The van der Waals surface area contributed by atoms with Crippen molar-refractivity contribution < 1.29 is 9.59 Å². The molecule has 1 aromatic carbocycles. The van der Waals surface area contributed by atoms with Gasteiger partial charge in [0, 0.05) is 44.9 Å². The second-order valence-corrected chi connectivity index (χ2v) is 10.9. The summed E-state index contributed by atoms with van der Waals surface area (Å²) in [6, 6.07) is 11.7. The first kappa shape index (κ1) is 22.8. The Hall–Kier alpha value is -2.38. The van der Waals surface area contributed by atoms with E-state index in [1.165, 1.54) is 0 Å². The van der Waals surface area contributed by atoms with E-state index in [0.29, 0.717) is 23.5 Å². The van der Waals surface area contributed by atoms with E-state index >= 15 is 0 Å². The molecule has 2 atom stereocenters. The lowest BCUT2D eigenvalue weighted by molar-refractivity contribution is -0.120. The van der Waals surface area contributed by atoms with Crippen LogP contribution in [-0.2, 0) is 9.59 Å². The Morgan fingerprint density at radius 2 is 1.94 bits per heavy atom. The van der Waals surface area contributed by atoms with E-state index in [9.17, 15) is 9.59 Å². The molecule has 0 saturated heterocycles. The fraction of sp³-hybridized carbons (Fsp3) is 0.320. The predicted octanol–water partition coefficient (Wildman–Crippen LogP) is 5.66. The molecule has 2 aliphatic rings. The second-order valence-electron chi connectivity index (χ2n) is 9.06. The average Bonchev–Trinajstić information content (AvgIpc) is 2.73. The van der Waals surface area contributed by atoms with Crippen LogP contribution >= 0.6 is 27.7 Å². The first-order valence-electron chi connectivity index (χ1n) is 10.5. The number of hydrogen-bond acceptors (Lipinski definition) is 5. The summed E-state index contributed by atoms with van der Waals surface area (Å²) in [5.74, 6) is -0.716. The van der Waals surface area contributed by atoms with Crippen molar-refractivity contribution in [1.29, 1.82) is 0 Å². The predicted molar refractivity (Wildman–Crippen MR) is 132 cm³/mol. The number of amides is 1. The van der Waals surface area contributed by atoms with Crippen molar-refractivity contribution in [2.75, 3.05) is 11.6 Å². The first-order valence-corrected chi connectivity index (χ1v) is 12.5. The highest BCUT2D eigenvalue weighted by Gasteiger charge is 2.46. The molecule has 2 aromatic rings. The average molecular weight is 512 g/mol. The summed E-state index contributed by atoms with van der Waals surface area (Å²) < 4.78 is 0.830. The van der Waals surface area contributed by atoms with E-state index in [-0.39, 0.29) is 17.1 Å². The van der Waals surface area contributed by atoms with Crippen LogP contribution in [0.3, 0.4) is 0 Å². The molecule has 2 unspecified atom stereocenters. The molecule has 1 amide bonds. The summed E-state index contributed by atoms with van der Waals surface area (Å²) in [6.45, 7) is 8.39. The number of allylic oxidation sites excluding steroid dienone is 2. The normalized spacial score (nSPS) is 22.2. The van der Waals surface area contributed by atoms with E-state index in [2.05, 4.69) is 52.0 Å². The Labute approximate surface area is 201 Å². The number of anilines is 1. The SMILES string of the molecule is C=C1NC2=C(C(=O)CC(C)(C)C2)C(c2ccc(SC)cc2)C1C(=O)Nc1ccc(Br)cn1. The third-order valence-corrected chi connectivity index (χ3v) is 7.20. The minimum absolute atomic E-state index is 0.0924. The van der Waals surface area contributed by atoms with Crippen LogP contribution in [0, 0.1) is 11.3 Å². The van der Waals surface area contributed by atoms with Crippen LogP contribution in [0.25, 0.3) is 0 Å². The number of ketones is 1. The van der Waals surface area contributed by atoms with Crippen LogP contribution in [0.2, 0.25) is 0 Å². The summed E-state index contributed by atoms with van der Waals surface area (Å²) in [5.41, 5.74) is 3.00. The van der Waals surface area contributed by atoms with Crippen molar-refractivity contribution in [3.05, 3.63) is 76.2 Å². The highest BCUT2D eigenvalue weighted by atomic mass is 79.9. The summed E-state index contributed by atoms with van der Waals surface area (Å²) in [4.78, 5) is 32.2. The lowest BCUT2D eigenvalue weighted by Gasteiger charge is -2.42. The lowest BCUT2D eigenvalue weighted by atomic mass is 9.66. The maximum absolute atomic E-state index is 13.5. The summed E-state index contributed by atoms with van der Waals surface area (Å²) in [5, 5.41) is 6.23. The zero-order chi connectivity index (χ0) is 23.0. The van der Waals surface area contributed by atoms with Gasteiger partial charge < -0.3 is 10.6 Å². The molecule has 2 N–H and O–H groups in total. The van der Waals surface area contributed by atoms with Crippen molar-refractivity contribution in [3.8, 4) is 0 Å². The van der Waals surface area contributed by atoms with Gasteiger partial charge in [0.25, 0.3) is 0 Å². The van der Waals surface area contributed by atoms with Gasteiger partial charge in [-0.15, -0.1) is 11.8 Å². The molecule has 5 nitrogen and oxygen atoms in total. The van der Waals surface area contributed by atoms with E-state index in [0.717, 1.165) is 27.0 Å². The zero-order valence-electron chi connectivity index (χ0n) is 18.4. The number of carbonyl (C=O) groups is 2. The van der Waals surface area contributed by atoms with E-state index in [4.69, 9.17) is 0 Å². The van der Waals surface area contributed by atoms with Crippen molar-refractivity contribution in [3.63, 3.8) is 0 Å². The molecule has 0 saturated carbocycles. The molecule has 0 fully saturated rings. The largest absolute Gasteiger partial charge is 0.362 e. The molecule has 0 bridgehead atoms. The van der Waals surface area contributed by atoms with Gasteiger partial charge in [-0.25, -0.2) is 4.98 Å². The maximum Gasteiger partial charge on any atom is 0.235 e. The number of pyridine rings is 1. The van der Waals surface area contributed by atoms with Crippen LogP contribution in [0.1, 0.15) is 38.2 Å². The van der Waals surface area contributed by atoms with Gasteiger partial charge >= 0.3 is 0 Å². The number of halogens is 1. The van der Waals surface area contributed by atoms with Crippen LogP contribution < -0.4 is 10.6 Å². The third-order valence-electron chi connectivity index (χ3n) is 5.99. The minimum Gasteiger partial charge on any atom is -0.362 e. The van der Waals surface area contributed by atoms with Gasteiger partial charge in [-0.3, -0.25) is 9.59 Å². The highest BCUT2D eigenvalue weighted by Crippen LogP contribution is 2.48. The maximum atomic E-state index is 13.5. The summed E-state index contributed by atoms with van der Waals surface area (Å²) >= 11 is 5.02. The van der Waals surface area contributed by atoms with E-state index in [1.54, 1.807) is 24.0 Å². The lowest BCUT2D eigenvalue weighted by Crippen LogP contribution is -2.44. The number of carbonyl (C=O) groups excluding carboxylic acids is 2. The number of rotatable bonds is 4. The highest BCUT2D eigenvalue weighted by molar-refractivity contribution is 9.10. The molecule has 7 heteroatoms. The van der Waals surface area contributed by atoms with Crippen molar-refractivity contribution in [2.45, 2.75) is 37.5 Å². The van der Waals surface area contributed by atoms with Gasteiger partial charge in [-0.1, -0.05) is 32.6 Å². The molecule has 166 valence electrons. The van der Waals surface area contributed by atoms with Gasteiger partial charge in [-0.05, 0) is 63.9 Å². The number of aromatic nitrogens is 1. The zero-order valence-corrected chi connectivity index (χ0v) is 20.8. The first-order chi connectivity index (χ1) is 15.2. The summed E-state index contributed by atoms with van der Waals surface area (Å²) in [6.07, 6.45) is 4.86. The van der Waals surface area contributed by atoms with Crippen molar-refractivity contribution >= 4 is 45.2 Å². The van der Waals surface area contributed by atoms with E-state index < -0.39 is 11.8 Å². The fourth-order valence-corrected chi connectivity index (χ4v) is 5.22. The fourth-order valence-electron chi connectivity index (χ4n) is 4.58. The Morgan fingerprint density at radius 1 is 1.22 bits per heavy atom. The van der Waals surface area contributed by atoms with Gasteiger partial charge in [0.15, 0.2) is 5.78 Å². The monoisotopic (exact) mass is 511 g/mol. The van der Waals surface area contributed by atoms with Crippen LogP contribution in [0.5, 0.6) is 0 Å². The van der Waals surface area contributed by atoms with Crippen LogP contribution in [-0.4, -0.2) is 22.9 Å². The van der Waals surface area contributed by atoms with Gasteiger partial charge in [0.05, 0.1) is 5.92 Å². The third kappa shape index (κ3) is 4.55. The number of Topliss-reactive ketones (excluding diaryl/α,β-unsaturated/α-hetero) is 1. The Bertz CT molecular complexity index is 1110. The quantitative estimate of drug-likeness (QED) is 0.517. The number of benzene rings is 1. The molecule has 0 spiro atoms. The van der Waals surface area contributed by atoms with Gasteiger partial charge in [0.2, 0.25) is 5.91 Å². The second kappa shape index (κ2) is 8.87. The Kier molecular flexibility index (Phi) is 6.32. The molecule has 0 radical (unpaired) electrons. The van der Waals surface area contributed by atoms with Crippen molar-refractivity contribution in [1.82, 2.24) is 10.3 Å². The topological polar surface area (TPSA) is 71.1 Å². The van der Waals surface area contributed by atoms with E-state index in [1.807, 2.05) is 36.6 Å². The molecule has 1 aliphatic carbocycles. The van der Waals surface area contributed by atoms with Crippen LogP contribution in [0.4, 0.5) is 5.82 Å². The molecular formula is C25H26BrN3O2S. The molecule has 4 rings (SSSR count). The number of thioether (sulfide) groups is 1. The molecule has 1 aromatic heterocycles. The Morgan fingerprint density at radius 3 is 2.56 bits per heavy atom. The molecular weight excluding hydrogens is 486 g/mol. The number of nitrogens with one attached hydrogen (secondary N) is 2. The smallest absolute Gasteiger partial charge is 0.235 e. The summed E-state index contributed by atoms with van der Waals surface area (Å²) in [7, 11) is 0. The standard InChI is InChI=1S/C25H26BrN3O2S/c1-14-21(24(31)29-20-10-7-16(26)13-27-20)22(15-5-8-17(32-4)9-6-15)23-18(28-14)11-25(2,3)12-19(23)30/h5-10,13,21-22,28H,1,11-12H2,2-4H3,(H,27,29,31). The van der Waals surface area contributed by atoms with Crippen LogP contribution in [0.15, 0.2) is 75.5 Å². The molecule has 32 heavy (non-hydrogen) atoms. The minimum atomic E-state index is -0.635. The molecule has 1 aliphatic heterocycles. The number of nitrogens with zero attached hydrogens (tertiary/aromatic N) is 1. The van der Waals surface area contributed by atoms with Gasteiger partial charge in [-0.2, -0.15) is 0 Å². The number of hydrogen-bond donors (Lipinski definition) is 2.